The van der Waals surface area contributed by atoms with Gasteiger partial charge in [0.2, 0.25) is 5.95 Å². The zero-order valence-corrected chi connectivity index (χ0v) is 13.6. The summed E-state index contributed by atoms with van der Waals surface area (Å²) in [6.45, 7) is 11.7. The topological polar surface area (TPSA) is 39.1 Å². The third kappa shape index (κ3) is 3.17. The molecule has 2 heterocycles. The van der Waals surface area contributed by atoms with Crippen LogP contribution in [0, 0.1) is 6.92 Å². The monoisotopic (exact) mass is 279 g/mol. The van der Waals surface area contributed by atoms with Crippen molar-refractivity contribution in [1.29, 1.82) is 0 Å². The number of hydrogen-bond donors (Lipinski definition) is 1. The molecule has 1 unspecified atom stereocenters. The molecule has 0 radical (unpaired) electrons. The van der Waals surface area contributed by atoms with Crippen molar-refractivity contribution in [2.75, 3.05) is 11.9 Å². The second-order valence-electron chi connectivity index (χ2n) is 6.30. The molecule has 1 aromatic heterocycles. The van der Waals surface area contributed by atoms with Crippen LogP contribution in [0.4, 0.5) is 5.95 Å². The van der Waals surface area contributed by atoms with E-state index in [4.69, 9.17) is 4.74 Å². The lowest BCUT2D eigenvalue weighted by Crippen LogP contribution is -2.39. The molecule has 1 aliphatic heterocycles. The van der Waals surface area contributed by atoms with E-state index in [1.54, 1.807) is 0 Å². The highest BCUT2D eigenvalue weighted by atomic mass is 16.5. The number of nitrogens with zero attached hydrogens (tertiary/aromatic N) is 2. The van der Waals surface area contributed by atoms with Gasteiger partial charge in [0.05, 0.1) is 11.3 Å². The zero-order valence-electron chi connectivity index (χ0n) is 13.6. The second kappa shape index (κ2) is 6.17. The number of imidazole rings is 1. The molecule has 0 aliphatic carbocycles. The van der Waals surface area contributed by atoms with E-state index in [0.29, 0.717) is 12.1 Å². The molecule has 20 heavy (non-hydrogen) atoms. The van der Waals surface area contributed by atoms with Gasteiger partial charge in [-0.1, -0.05) is 13.8 Å². The molecule has 1 atom stereocenters. The third-order valence-electron chi connectivity index (χ3n) is 4.42. The number of aromatic nitrogens is 2. The molecule has 0 spiro atoms. The molecule has 4 nitrogen and oxygen atoms in total. The minimum Gasteiger partial charge on any atom is -0.375 e. The smallest absolute Gasteiger partial charge is 0.203 e. The maximum Gasteiger partial charge on any atom is 0.203 e. The summed E-state index contributed by atoms with van der Waals surface area (Å²) in [4.78, 5) is 4.64. The van der Waals surface area contributed by atoms with Crippen molar-refractivity contribution >= 4 is 5.95 Å². The van der Waals surface area contributed by atoms with Crippen molar-refractivity contribution in [1.82, 2.24) is 9.55 Å². The Hall–Kier alpha value is -1.03. The van der Waals surface area contributed by atoms with Gasteiger partial charge in [0, 0.05) is 24.9 Å². The zero-order chi connectivity index (χ0) is 14.8. The van der Waals surface area contributed by atoms with Gasteiger partial charge in [-0.15, -0.1) is 0 Å². The van der Waals surface area contributed by atoms with E-state index < -0.39 is 0 Å². The molecule has 2 rings (SSSR count). The fourth-order valence-electron chi connectivity index (χ4n) is 3.14. The van der Waals surface area contributed by atoms with Gasteiger partial charge in [-0.3, -0.25) is 0 Å². The van der Waals surface area contributed by atoms with Crippen LogP contribution in [0.3, 0.4) is 0 Å². The van der Waals surface area contributed by atoms with Crippen LogP contribution in [-0.2, 0) is 4.74 Å². The molecule has 1 aromatic rings. The lowest BCUT2D eigenvalue weighted by molar-refractivity contribution is -0.0984. The molecule has 4 heteroatoms. The number of ether oxygens (including phenoxy) is 1. The molecular formula is C16H29N3O. The molecule has 0 bridgehead atoms. The maximum atomic E-state index is 6.09. The quantitative estimate of drug-likeness (QED) is 0.888. The molecule has 1 aliphatic rings. The van der Waals surface area contributed by atoms with Crippen molar-refractivity contribution in [3.8, 4) is 0 Å². The van der Waals surface area contributed by atoms with Gasteiger partial charge in [0.1, 0.15) is 0 Å². The Morgan fingerprint density at radius 1 is 1.45 bits per heavy atom. The van der Waals surface area contributed by atoms with Gasteiger partial charge in [-0.05, 0) is 46.5 Å². The van der Waals surface area contributed by atoms with Crippen molar-refractivity contribution in [3.63, 3.8) is 0 Å². The van der Waals surface area contributed by atoms with Crippen LogP contribution in [0.2, 0.25) is 0 Å². The second-order valence-corrected chi connectivity index (χ2v) is 6.30. The standard InChI is InChI=1S/C16H29N3O/c1-6-16(7-2)10-14(8-9-20-16)19-11-13(5)18-15(19)17-12(3)4/h11-12,14H,6-10H2,1-5H3,(H,17,18). The van der Waals surface area contributed by atoms with Gasteiger partial charge < -0.3 is 14.6 Å². The summed E-state index contributed by atoms with van der Waals surface area (Å²) in [6, 6.07) is 0.892. The Bertz CT molecular complexity index is 435. The summed E-state index contributed by atoms with van der Waals surface area (Å²) in [7, 11) is 0. The van der Waals surface area contributed by atoms with Gasteiger partial charge in [0.25, 0.3) is 0 Å². The molecule has 114 valence electrons. The Labute approximate surface area is 122 Å². The van der Waals surface area contributed by atoms with Crippen LogP contribution in [0.15, 0.2) is 6.20 Å². The first-order valence-corrected chi connectivity index (χ1v) is 7.95. The summed E-state index contributed by atoms with van der Waals surface area (Å²) >= 11 is 0. The molecule has 1 saturated heterocycles. The molecule has 0 aromatic carbocycles. The Balaban J connectivity index is 2.22. The van der Waals surface area contributed by atoms with E-state index in [1.165, 1.54) is 0 Å². The van der Waals surface area contributed by atoms with Crippen LogP contribution in [-0.4, -0.2) is 27.8 Å². The molecule has 1 N–H and O–H groups in total. The van der Waals surface area contributed by atoms with Gasteiger partial charge in [-0.2, -0.15) is 0 Å². The Morgan fingerprint density at radius 2 is 2.15 bits per heavy atom. The number of rotatable bonds is 5. The third-order valence-corrected chi connectivity index (χ3v) is 4.42. The number of aryl methyl sites for hydroxylation is 1. The average Bonchev–Trinajstić information content (AvgIpc) is 2.78. The summed E-state index contributed by atoms with van der Waals surface area (Å²) in [5, 5.41) is 3.47. The van der Waals surface area contributed by atoms with E-state index in [0.717, 1.165) is 43.9 Å². The molecule has 1 fully saturated rings. The van der Waals surface area contributed by atoms with Gasteiger partial charge in [0.15, 0.2) is 0 Å². The first-order chi connectivity index (χ1) is 9.49. The largest absolute Gasteiger partial charge is 0.375 e. The fourth-order valence-corrected chi connectivity index (χ4v) is 3.14. The van der Waals surface area contributed by atoms with Crippen LogP contribution < -0.4 is 5.32 Å². The predicted octanol–water partition coefficient (Wildman–Crippen LogP) is 3.92. The van der Waals surface area contributed by atoms with Crippen molar-refractivity contribution in [2.45, 2.75) is 78.0 Å². The first kappa shape index (κ1) is 15.4. The molecule has 0 amide bonds. The summed E-state index contributed by atoms with van der Waals surface area (Å²) in [6.07, 6.45) is 6.50. The van der Waals surface area contributed by atoms with Crippen LogP contribution in [0.25, 0.3) is 0 Å². The number of anilines is 1. The normalized spacial score (nSPS) is 22.2. The van der Waals surface area contributed by atoms with Crippen LogP contribution in [0.5, 0.6) is 0 Å². The minimum absolute atomic E-state index is 0.0518. The number of nitrogens with one attached hydrogen (secondary N) is 1. The summed E-state index contributed by atoms with van der Waals surface area (Å²) in [5.41, 5.74) is 1.13. The highest BCUT2D eigenvalue weighted by Crippen LogP contribution is 2.38. The Morgan fingerprint density at radius 3 is 2.75 bits per heavy atom. The van der Waals surface area contributed by atoms with Gasteiger partial charge >= 0.3 is 0 Å². The van der Waals surface area contributed by atoms with Crippen molar-refractivity contribution < 1.29 is 4.74 Å². The van der Waals surface area contributed by atoms with E-state index in [1.807, 2.05) is 0 Å². The molecule has 0 saturated carbocycles. The van der Waals surface area contributed by atoms with E-state index in [9.17, 15) is 0 Å². The van der Waals surface area contributed by atoms with Crippen LogP contribution in [0.1, 0.15) is 65.1 Å². The minimum atomic E-state index is 0.0518. The van der Waals surface area contributed by atoms with Crippen molar-refractivity contribution in [3.05, 3.63) is 11.9 Å². The predicted molar refractivity (Wildman–Crippen MR) is 83.3 cm³/mol. The Kier molecular flexibility index (Phi) is 4.74. The summed E-state index contributed by atoms with van der Waals surface area (Å²) < 4.78 is 8.42. The highest BCUT2D eigenvalue weighted by Gasteiger charge is 2.35. The lowest BCUT2D eigenvalue weighted by Gasteiger charge is -2.40. The van der Waals surface area contributed by atoms with E-state index in [2.05, 4.69) is 55.7 Å². The maximum absolute atomic E-state index is 6.09. The van der Waals surface area contributed by atoms with E-state index >= 15 is 0 Å². The molecular weight excluding hydrogens is 250 g/mol. The SMILES string of the molecule is CCC1(CC)CC(n2cc(C)nc2NC(C)C)CCO1. The van der Waals surface area contributed by atoms with E-state index in [-0.39, 0.29) is 5.60 Å². The van der Waals surface area contributed by atoms with Gasteiger partial charge in [-0.25, -0.2) is 4.98 Å². The first-order valence-electron chi connectivity index (χ1n) is 7.95. The number of hydrogen-bond acceptors (Lipinski definition) is 3. The lowest BCUT2D eigenvalue weighted by atomic mass is 9.86. The average molecular weight is 279 g/mol. The summed E-state index contributed by atoms with van der Waals surface area (Å²) in [5.74, 6) is 1.01. The highest BCUT2D eigenvalue weighted by molar-refractivity contribution is 5.30. The van der Waals surface area contributed by atoms with Crippen molar-refractivity contribution in [2.24, 2.45) is 0 Å². The van der Waals surface area contributed by atoms with Crippen LogP contribution >= 0.6 is 0 Å². The fraction of sp³-hybridized carbons (Fsp3) is 0.812.